The molecule has 2 radical (unpaired) electrons. The zero-order valence-electron chi connectivity index (χ0n) is 73.7. The van der Waals surface area contributed by atoms with Gasteiger partial charge in [0.2, 0.25) is 11.8 Å². The minimum absolute atomic E-state index is 0.124. The lowest BCUT2D eigenvalue weighted by molar-refractivity contribution is 0.582. The van der Waals surface area contributed by atoms with Gasteiger partial charge in [0.05, 0.1) is 39.9 Å². The van der Waals surface area contributed by atoms with Gasteiger partial charge in [-0.2, -0.15) is 9.06 Å². The maximum atomic E-state index is 6.01. The summed E-state index contributed by atoms with van der Waals surface area (Å²) in [5, 5.41) is 11.1. The largest absolute Gasteiger partial charge is 0.416 e. The highest BCUT2D eigenvalue weighted by atomic mass is 32.1. The third-order valence-corrected chi connectivity index (χ3v) is 29.0. The van der Waals surface area contributed by atoms with Crippen LogP contribution in [0.15, 0.2) is 314 Å². The van der Waals surface area contributed by atoms with E-state index in [4.69, 9.17) is 15.7 Å². The standard InChI is InChI=1S/C48H50B2S3.C36H26N4Si.C24H22N2O.BH2P/c1-27-19-31(5)45(32(6)20-27)49(46-33(7)21-28(2)22-34(46)8)43-17-15-41(52-43)39-13-14-40(51-39)42-16-18-44(53-42)50(47-35(9)23-29(3)24-36(47)10)48-37(11)25-30(4)26-38(48)12;1-3-11-25(12-4-1)33-34(26-13-5-2-6-14-26)36(32-20-18-28(24-40-32)30-16-8-10-22-38-30)41-35(33)31-19-17-27(23-39-31)29-15-7-9-21-37-29;1-24(2,3)21-15-13-20(14-16-21)23-26-25-22(27-23)19-11-9-18(10-12-19)17-7-5-4-6-8-17;1-2/h13-26H,1-12H3;1-24H,41H2;4-16H,1-3H3;2H2/i;;;2D. The quantitative estimate of drug-likeness (QED) is 0.0663. The summed E-state index contributed by atoms with van der Waals surface area (Å²) in [6.45, 7) is 34.2. The highest BCUT2D eigenvalue weighted by Crippen LogP contribution is 2.48. The van der Waals surface area contributed by atoms with E-state index >= 15 is 0 Å². The highest BCUT2D eigenvalue weighted by molar-refractivity contribution is 7.49. The Balaban J connectivity index is 0.000000149. The zero-order chi connectivity index (χ0) is 86.9. The van der Waals surface area contributed by atoms with Crippen LogP contribution in [0.2, 0.25) is 0 Å². The van der Waals surface area contributed by atoms with E-state index in [1.54, 1.807) is 0 Å². The Kier molecular flexibility index (Phi) is 26.4. The van der Waals surface area contributed by atoms with Crippen molar-refractivity contribution in [2.24, 2.45) is 0 Å². The molecule has 0 saturated carbocycles. The lowest BCUT2D eigenvalue weighted by Gasteiger charge is -2.23. The van der Waals surface area contributed by atoms with Crippen molar-refractivity contribution in [3.63, 3.8) is 0 Å². The number of hydrogen-bond donors (Lipinski definition) is 0. The Morgan fingerprint density at radius 1 is 0.325 bits per heavy atom. The number of aromatic nitrogens is 6. The first-order valence-electron chi connectivity index (χ1n) is 42.4. The van der Waals surface area contributed by atoms with Crippen LogP contribution in [0, 0.1) is 83.1 Å². The number of hydrogen-bond acceptors (Lipinski definition) is 10. The Hall–Kier alpha value is -11.9. The van der Waals surface area contributed by atoms with Crippen LogP contribution in [0.3, 0.4) is 0 Å². The minimum atomic E-state index is -0.955. The van der Waals surface area contributed by atoms with Gasteiger partial charge in [-0.15, -0.1) is 44.2 Å². The van der Waals surface area contributed by atoms with Crippen LogP contribution < -0.4 is 31.4 Å². The van der Waals surface area contributed by atoms with E-state index in [0.29, 0.717) is 11.8 Å². The van der Waals surface area contributed by atoms with Crippen LogP contribution in [0.1, 0.15) is 116 Å². The number of benzene rings is 9. The van der Waals surface area contributed by atoms with Gasteiger partial charge in [-0.05, 0) is 244 Å². The number of aryl methyl sites for hydroxylation is 12. The molecule has 1 aliphatic heterocycles. The van der Waals surface area contributed by atoms with Crippen molar-refractivity contribution in [1.29, 1.82) is 1.28 Å². The maximum Gasteiger partial charge on any atom is 0.255 e. The second-order valence-corrected chi connectivity index (χ2v) is 38.4. The van der Waals surface area contributed by atoms with E-state index in [-0.39, 0.29) is 27.9 Å². The van der Waals surface area contributed by atoms with Crippen molar-refractivity contribution < 1.29 is 4.42 Å². The molecule has 15 heteroatoms. The van der Waals surface area contributed by atoms with Gasteiger partial charge in [-0.1, -0.05) is 297 Å². The van der Waals surface area contributed by atoms with Crippen molar-refractivity contribution in [3.8, 4) is 76.1 Å². The van der Waals surface area contributed by atoms with Gasteiger partial charge in [-0.25, -0.2) is 0 Å². The second-order valence-electron chi connectivity index (χ2n) is 33.3. The van der Waals surface area contributed by atoms with Gasteiger partial charge < -0.3 is 4.42 Å². The second kappa shape index (κ2) is 38.3. The molecule has 123 heavy (non-hydrogen) atoms. The first-order valence-corrected chi connectivity index (χ1v) is 46.3. The molecule has 0 amide bonds. The fourth-order valence-electron chi connectivity index (χ4n) is 17.8. The summed E-state index contributed by atoms with van der Waals surface area (Å²) in [6, 6.07) is 102. The lowest BCUT2D eigenvalue weighted by Crippen LogP contribution is -2.54. The van der Waals surface area contributed by atoms with Gasteiger partial charge in [0, 0.05) is 67.8 Å². The van der Waals surface area contributed by atoms with Crippen molar-refractivity contribution in [2.75, 3.05) is 0 Å². The SMILES string of the molecule is CC(C)(C)c1ccc(-c2nnc(-c3ccc(-c4ccccc4)cc3)o2)cc1.Cc1cc(C)c(B(c2ccc(-c3ccc(-c4ccc(B(c5c(C)cc(C)cc5C)c5c(C)cc(C)cc5C)s4)s3)s2)c2c(C)cc(C)cc2C)c(C)c1.[2H]P[B].c1ccc(C2=C(c3ccc(-c4ccccn4)cn3)[SiH2]C(c3ccc(-c4ccccn4)cn3)=C2c2ccccc2)cc1. The molecule has 7 nitrogen and oxygen atoms in total. The van der Waals surface area contributed by atoms with Gasteiger partial charge in [0.15, 0.2) is 0 Å². The normalized spacial score (nSPS) is 12.0. The van der Waals surface area contributed by atoms with Crippen molar-refractivity contribution in [2.45, 2.75) is 109 Å². The van der Waals surface area contributed by atoms with Gasteiger partial charge in [0.25, 0.3) is 13.4 Å². The lowest BCUT2D eigenvalue weighted by atomic mass is 9.37. The maximum absolute atomic E-state index is 6.01. The zero-order valence-corrected chi connectivity index (χ0v) is 77.6. The van der Waals surface area contributed by atoms with Crippen LogP contribution in [-0.4, -0.2) is 61.9 Å². The van der Waals surface area contributed by atoms with Crippen molar-refractivity contribution in [3.05, 3.63) is 405 Å². The molecule has 0 spiro atoms. The Bertz CT molecular complexity index is 6150. The van der Waals surface area contributed by atoms with Crippen LogP contribution in [0.25, 0.3) is 97.6 Å². The highest BCUT2D eigenvalue weighted by Gasteiger charge is 2.34. The molecular weight excluding hydrogens is 1580 g/mol. The molecule has 0 N–H and O–H groups in total. The number of nitrogens with zero attached hydrogens (tertiary/aromatic N) is 6. The first-order chi connectivity index (χ1) is 60.0. The van der Waals surface area contributed by atoms with Crippen molar-refractivity contribution >= 4 is 127 Å². The summed E-state index contributed by atoms with van der Waals surface area (Å²) in [5.74, 6) is 1.07. The summed E-state index contributed by atoms with van der Waals surface area (Å²) < 4.78 is 14.7. The molecule has 0 bridgehead atoms. The third-order valence-electron chi connectivity index (χ3n) is 23.1. The number of pyridine rings is 4. The van der Waals surface area contributed by atoms with E-state index in [1.807, 2.05) is 138 Å². The van der Waals surface area contributed by atoms with Gasteiger partial charge >= 0.3 is 0 Å². The summed E-state index contributed by atoms with van der Waals surface area (Å²) in [4.78, 5) is 24.4. The van der Waals surface area contributed by atoms with E-state index in [1.165, 1.54) is 161 Å². The van der Waals surface area contributed by atoms with Crippen LogP contribution >= 0.6 is 43.1 Å². The molecule has 18 rings (SSSR count). The summed E-state index contributed by atoms with van der Waals surface area (Å²) in [7, 11) is 3.42. The molecule has 17 aromatic rings. The number of thiophene rings is 3. The van der Waals surface area contributed by atoms with E-state index in [9.17, 15) is 0 Å². The number of allylic oxidation sites excluding steroid dienone is 2. The summed E-state index contributed by atoms with van der Waals surface area (Å²) in [6.07, 6.45) is 7.53. The summed E-state index contributed by atoms with van der Waals surface area (Å²) in [5.41, 5.74) is 38.5. The average molecular weight is 1690 g/mol. The van der Waals surface area contributed by atoms with Crippen LogP contribution in [0.4, 0.5) is 0 Å². The predicted molar refractivity (Wildman–Crippen MR) is 538 cm³/mol. The topological polar surface area (TPSA) is 90.5 Å². The predicted octanol–water partition coefficient (Wildman–Crippen LogP) is 23.5. The fraction of sp³-hybridized carbons (Fsp3) is 0.148. The van der Waals surface area contributed by atoms with Crippen LogP contribution in [0.5, 0.6) is 0 Å². The Morgan fingerprint density at radius 3 is 0.951 bits per heavy atom. The van der Waals surface area contributed by atoms with E-state index in [0.717, 1.165) is 50.6 Å². The fourth-order valence-corrected chi connectivity index (χ4v) is 23.5. The number of rotatable bonds is 17. The minimum Gasteiger partial charge on any atom is -0.416 e. The summed E-state index contributed by atoms with van der Waals surface area (Å²) >= 11 is 5.85. The molecular formula is C108H100B3N6OPS3Si. The average Bonchev–Trinajstić information content (AvgIpc) is 1.46. The molecule has 9 aromatic carbocycles. The molecule has 1 aliphatic rings. The molecule has 1 unspecified atom stereocenters. The Labute approximate surface area is 746 Å². The van der Waals surface area contributed by atoms with E-state index < -0.39 is 9.52 Å². The third kappa shape index (κ3) is 19.3. The molecule has 0 aliphatic carbocycles. The molecule has 1 atom stereocenters. The van der Waals surface area contributed by atoms with Gasteiger partial charge in [-0.3, -0.25) is 19.9 Å². The van der Waals surface area contributed by atoms with Crippen LogP contribution in [-0.2, 0) is 5.41 Å². The smallest absolute Gasteiger partial charge is 0.255 e. The monoisotopic (exact) mass is 1690 g/mol. The molecule has 0 fully saturated rings. The molecule has 604 valence electrons. The van der Waals surface area contributed by atoms with E-state index in [2.05, 4.69) is 338 Å². The van der Waals surface area contributed by atoms with Gasteiger partial charge in [0.1, 0.15) is 0 Å². The molecule has 0 saturated heterocycles. The van der Waals surface area contributed by atoms with Crippen molar-refractivity contribution in [1.82, 2.24) is 30.1 Å². The molecule has 9 heterocycles. The first kappa shape index (κ1) is 84.7. The molecule has 8 aromatic heterocycles. The Morgan fingerprint density at radius 2 is 0.626 bits per heavy atom.